The highest BCUT2D eigenvalue weighted by molar-refractivity contribution is 7.88. The average Bonchev–Trinajstić information content (AvgIpc) is 2.66. The van der Waals surface area contributed by atoms with E-state index in [4.69, 9.17) is 14.2 Å². The van der Waals surface area contributed by atoms with Crippen LogP contribution >= 0.6 is 0 Å². The fourth-order valence-electron chi connectivity index (χ4n) is 2.62. The molecule has 0 heterocycles. The number of hydrogen-bond donors (Lipinski definition) is 2. The van der Waals surface area contributed by atoms with E-state index in [1.807, 2.05) is 0 Å². The van der Waals surface area contributed by atoms with Crippen molar-refractivity contribution in [3.8, 4) is 17.2 Å². The summed E-state index contributed by atoms with van der Waals surface area (Å²) in [6, 6.07) is 11.1. The Kier molecular flexibility index (Phi) is 7.24. The predicted octanol–water partition coefficient (Wildman–Crippen LogP) is 2.33. The largest absolute Gasteiger partial charge is 0.497 e. The summed E-state index contributed by atoms with van der Waals surface area (Å²) in [4.78, 5) is 12.6. The van der Waals surface area contributed by atoms with E-state index in [-0.39, 0.29) is 12.3 Å². The van der Waals surface area contributed by atoms with Crippen LogP contribution in [0, 0.1) is 0 Å². The molecular formula is C19H24N2O6S. The number of amides is 1. The number of sulfonamides is 1. The topological polar surface area (TPSA) is 103 Å². The Bertz CT molecular complexity index is 913. The van der Waals surface area contributed by atoms with Gasteiger partial charge in [-0.25, -0.2) is 13.1 Å². The van der Waals surface area contributed by atoms with Gasteiger partial charge >= 0.3 is 0 Å². The van der Waals surface area contributed by atoms with Gasteiger partial charge in [-0.2, -0.15) is 0 Å². The molecule has 0 saturated carbocycles. The van der Waals surface area contributed by atoms with Crippen molar-refractivity contribution in [2.75, 3.05) is 32.9 Å². The van der Waals surface area contributed by atoms with Crippen molar-refractivity contribution in [2.24, 2.45) is 0 Å². The van der Waals surface area contributed by atoms with Crippen LogP contribution in [-0.2, 0) is 14.8 Å². The summed E-state index contributed by atoms with van der Waals surface area (Å²) in [5.74, 6) is 1.26. The van der Waals surface area contributed by atoms with Crippen LogP contribution in [0.2, 0.25) is 0 Å². The summed E-state index contributed by atoms with van der Waals surface area (Å²) in [5, 5.41) is 2.74. The number of anilines is 1. The van der Waals surface area contributed by atoms with Crippen LogP contribution in [0.5, 0.6) is 17.2 Å². The Hall–Kier alpha value is -2.78. The summed E-state index contributed by atoms with van der Waals surface area (Å²) in [6.07, 6.45) is 0.937. The van der Waals surface area contributed by atoms with Crippen molar-refractivity contribution in [1.29, 1.82) is 0 Å². The van der Waals surface area contributed by atoms with E-state index in [9.17, 15) is 13.2 Å². The van der Waals surface area contributed by atoms with Gasteiger partial charge < -0.3 is 19.5 Å². The fourth-order valence-corrected chi connectivity index (χ4v) is 3.36. The summed E-state index contributed by atoms with van der Waals surface area (Å²) in [5.41, 5.74) is 1.07. The summed E-state index contributed by atoms with van der Waals surface area (Å²) in [7, 11) is 1.01. The third-order valence-corrected chi connectivity index (χ3v) is 4.66. The van der Waals surface area contributed by atoms with Gasteiger partial charge in [0.25, 0.3) is 0 Å². The first-order chi connectivity index (χ1) is 13.3. The van der Waals surface area contributed by atoms with E-state index in [0.29, 0.717) is 28.5 Å². The highest BCUT2D eigenvalue weighted by atomic mass is 32.2. The zero-order chi connectivity index (χ0) is 20.7. The Morgan fingerprint density at radius 3 is 2.11 bits per heavy atom. The molecule has 1 atom stereocenters. The number of carbonyl (C=O) groups is 1. The number of carbonyl (C=O) groups excluding carboxylic acids is 1. The number of hydrogen-bond acceptors (Lipinski definition) is 6. The van der Waals surface area contributed by atoms with Crippen LogP contribution in [0.25, 0.3) is 0 Å². The van der Waals surface area contributed by atoms with Crippen LogP contribution in [0.15, 0.2) is 42.5 Å². The molecule has 28 heavy (non-hydrogen) atoms. The highest BCUT2D eigenvalue weighted by Gasteiger charge is 2.21. The number of nitrogens with one attached hydrogen (secondary N) is 2. The second-order valence-corrected chi connectivity index (χ2v) is 7.81. The van der Waals surface area contributed by atoms with Gasteiger partial charge in [-0.05, 0) is 29.8 Å². The number of methoxy groups -OCH3 is 3. The molecule has 2 aromatic carbocycles. The maximum absolute atomic E-state index is 12.6. The van der Waals surface area contributed by atoms with Gasteiger partial charge in [0.05, 0.1) is 39.3 Å². The first kappa shape index (κ1) is 21.5. The Balaban J connectivity index is 2.22. The highest BCUT2D eigenvalue weighted by Crippen LogP contribution is 2.30. The van der Waals surface area contributed by atoms with Gasteiger partial charge in [0.1, 0.15) is 17.2 Å². The van der Waals surface area contributed by atoms with E-state index in [1.54, 1.807) is 42.5 Å². The standard InChI is InChI=1S/C19H24N2O6S/c1-25-14-7-5-13(6-8-14)16(21-28(4,23)24)12-19(22)20-17-11-15(26-2)9-10-18(17)27-3/h5-11,16,21H,12H2,1-4H3,(H,20,22)/t16-/m1/s1. The molecule has 0 unspecified atom stereocenters. The van der Waals surface area contributed by atoms with Crippen molar-refractivity contribution >= 4 is 21.6 Å². The fraction of sp³-hybridized carbons (Fsp3) is 0.316. The van der Waals surface area contributed by atoms with Crippen molar-refractivity contribution in [1.82, 2.24) is 4.72 Å². The second-order valence-electron chi connectivity index (χ2n) is 6.03. The lowest BCUT2D eigenvalue weighted by atomic mass is 10.0. The lowest BCUT2D eigenvalue weighted by Crippen LogP contribution is -2.30. The molecule has 0 aromatic heterocycles. The third kappa shape index (κ3) is 6.14. The number of benzene rings is 2. The molecule has 9 heteroatoms. The molecule has 2 rings (SSSR count). The monoisotopic (exact) mass is 408 g/mol. The predicted molar refractivity (Wildman–Crippen MR) is 107 cm³/mol. The van der Waals surface area contributed by atoms with Crippen molar-refractivity contribution in [3.05, 3.63) is 48.0 Å². The molecule has 0 radical (unpaired) electrons. The van der Waals surface area contributed by atoms with Gasteiger partial charge in [0.2, 0.25) is 15.9 Å². The summed E-state index contributed by atoms with van der Waals surface area (Å²) >= 11 is 0. The third-order valence-electron chi connectivity index (χ3n) is 3.94. The molecule has 0 aliphatic carbocycles. The molecule has 2 N–H and O–H groups in total. The molecule has 0 bridgehead atoms. The summed E-state index contributed by atoms with van der Waals surface area (Å²) < 4.78 is 41.5. The van der Waals surface area contributed by atoms with Crippen molar-refractivity contribution in [3.63, 3.8) is 0 Å². The van der Waals surface area contributed by atoms with E-state index < -0.39 is 16.1 Å². The van der Waals surface area contributed by atoms with Gasteiger partial charge in [0, 0.05) is 12.5 Å². The lowest BCUT2D eigenvalue weighted by Gasteiger charge is -2.19. The van der Waals surface area contributed by atoms with Crippen molar-refractivity contribution in [2.45, 2.75) is 12.5 Å². The minimum atomic E-state index is -3.54. The maximum atomic E-state index is 12.6. The van der Waals surface area contributed by atoms with Gasteiger partial charge in [-0.1, -0.05) is 12.1 Å². The van der Waals surface area contributed by atoms with Crippen LogP contribution < -0.4 is 24.2 Å². The molecule has 0 saturated heterocycles. The first-order valence-corrected chi connectivity index (χ1v) is 10.3. The second kappa shape index (κ2) is 9.43. The van der Waals surface area contributed by atoms with Gasteiger partial charge in [-0.15, -0.1) is 0 Å². The Labute approximate surface area is 164 Å². The van der Waals surface area contributed by atoms with E-state index in [2.05, 4.69) is 10.0 Å². The number of ether oxygens (including phenoxy) is 3. The van der Waals surface area contributed by atoms with Gasteiger partial charge in [0.15, 0.2) is 0 Å². The minimum absolute atomic E-state index is 0.111. The molecule has 0 spiro atoms. The maximum Gasteiger partial charge on any atom is 0.226 e. The van der Waals surface area contributed by atoms with Crippen molar-refractivity contribution < 1.29 is 27.4 Å². The molecule has 152 valence electrons. The minimum Gasteiger partial charge on any atom is -0.497 e. The normalized spacial score (nSPS) is 12.1. The summed E-state index contributed by atoms with van der Waals surface area (Å²) in [6.45, 7) is 0. The molecule has 0 fully saturated rings. The van der Waals surface area contributed by atoms with E-state index >= 15 is 0 Å². The van der Waals surface area contributed by atoms with Gasteiger partial charge in [-0.3, -0.25) is 4.79 Å². The van der Waals surface area contributed by atoms with E-state index in [1.165, 1.54) is 21.3 Å². The molecule has 8 nitrogen and oxygen atoms in total. The zero-order valence-electron chi connectivity index (χ0n) is 16.2. The quantitative estimate of drug-likeness (QED) is 0.660. The van der Waals surface area contributed by atoms with E-state index in [0.717, 1.165) is 6.26 Å². The molecule has 0 aliphatic rings. The zero-order valence-corrected chi connectivity index (χ0v) is 17.0. The number of rotatable bonds is 9. The van der Waals surface area contributed by atoms with Crippen LogP contribution in [-0.4, -0.2) is 41.9 Å². The lowest BCUT2D eigenvalue weighted by molar-refractivity contribution is -0.116. The Morgan fingerprint density at radius 2 is 1.57 bits per heavy atom. The van der Waals surface area contributed by atoms with Crippen LogP contribution in [0.3, 0.4) is 0 Å². The SMILES string of the molecule is COc1ccc([C@@H](CC(=O)Nc2cc(OC)ccc2OC)NS(C)(=O)=O)cc1. The van der Waals surface area contributed by atoms with Crippen LogP contribution in [0.1, 0.15) is 18.0 Å². The molecule has 0 aliphatic heterocycles. The smallest absolute Gasteiger partial charge is 0.226 e. The van der Waals surface area contributed by atoms with Crippen LogP contribution in [0.4, 0.5) is 5.69 Å². The first-order valence-electron chi connectivity index (χ1n) is 8.39. The Morgan fingerprint density at radius 1 is 0.964 bits per heavy atom. The molecular weight excluding hydrogens is 384 g/mol. The average molecular weight is 408 g/mol. The molecule has 2 aromatic rings. The molecule has 1 amide bonds.